The smallest absolute Gasteiger partial charge is 0.101 e. The summed E-state index contributed by atoms with van der Waals surface area (Å²) >= 11 is 0. The zero-order chi connectivity index (χ0) is 10.1. The van der Waals surface area contributed by atoms with Gasteiger partial charge in [-0.15, -0.1) is 0 Å². The summed E-state index contributed by atoms with van der Waals surface area (Å²) < 4.78 is 0. The van der Waals surface area contributed by atoms with Gasteiger partial charge in [-0.3, -0.25) is 4.98 Å². The van der Waals surface area contributed by atoms with Gasteiger partial charge in [0.25, 0.3) is 0 Å². The van der Waals surface area contributed by atoms with Gasteiger partial charge >= 0.3 is 0 Å². The van der Waals surface area contributed by atoms with Gasteiger partial charge in [0.2, 0.25) is 0 Å². The molecule has 2 heteroatoms. The van der Waals surface area contributed by atoms with Crippen LogP contribution in [0, 0.1) is 25.2 Å². The number of fused-ring (bicyclic) bond motifs is 1. The van der Waals surface area contributed by atoms with E-state index in [-0.39, 0.29) is 0 Å². The molecule has 0 saturated heterocycles. The fourth-order valence-electron chi connectivity index (χ4n) is 1.62. The van der Waals surface area contributed by atoms with Gasteiger partial charge in [-0.25, -0.2) is 0 Å². The van der Waals surface area contributed by atoms with Crippen molar-refractivity contribution in [1.82, 2.24) is 4.98 Å². The van der Waals surface area contributed by atoms with Crippen molar-refractivity contribution in [3.05, 3.63) is 41.1 Å². The van der Waals surface area contributed by atoms with Crippen LogP contribution < -0.4 is 0 Å². The average Bonchev–Trinajstić information content (AvgIpc) is 2.18. The molecule has 14 heavy (non-hydrogen) atoms. The van der Waals surface area contributed by atoms with Crippen LogP contribution in [-0.2, 0) is 0 Å². The summed E-state index contributed by atoms with van der Waals surface area (Å²) in [7, 11) is 0. The van der Waals surface area contributed by atoms with Crippen molar-refractivity contribution < 1.29 is 0 Å². The molecule has 0 unspecified atom stereocenters. The molecule has 2 nitrogen and oxygen atoms in total. The lowest BCUT2D eigenvalue weighted by atomic mass is 10.0. The molecule has 0 saturated carbocycles. The van der Waals surface area contributed by atoms with E-state index in [2.05, 4.69) is 17.1 Å². The van der Waals surface area contributed by atoms with Crippen molar-refractivity contribution in [2.45, 2.75) is 13.8 Å². The van der Waals surface area contributed by atoms with Crippen LogP contribution in [0.4, 0.5) is 0 Å². The number of aryl methyl sites for hydroxylation is 2. The highest BCUT2D eigenvalue weighted by Crippen LogP contribution is 2.21. The highest BCUT2D eigenvalue weighted by atomic mass is 14.7. The lowest BCUT2D eigenvalue weighted by molar-refractivity contribution is 1.34. The molecule has 0 N–H and O–H groups in total. The molecule has 2 aromatic rings. The van der Waals surface area contributed by atoms with Crippen molar-refractivity contribution in [3.63, 3.8) is 0 Å². The van der Waals surface area contributed by atoms with Crippen molar-refractivity contribution in [2.75, 3.05) is 0 Å². The number of aromatic nitrogens is 1. The molecule has 0 bridgehead atoms. The zero-order valence-electron chi connectivity index (χ0n) is 8.20. The summed E-state index contributed by atoms with van der Waals surface area (Å²) in [6, 6.07) is 8.07. The minimum absolute atomic E-state index is 0.656. The van der Waals surface area contributed by atoms with Crippen LogP contribution in [0.5, 0.6) is 0 Å². The Hall–Kier alpha value is -1.88. The quantitative estimate of drug-likeness (QED) is 0.628. The van der Waals surface area contributed by atoms with Gasteiger partial charge in [0.1, 0.15) is 6.07 Å². The Morgan fingerprint density at radius 1 is 1.29 bits per heavy atom. The van der Waals surface area contributed by atoms with Gasteiger partial charge in [-0.2, -0.15) is 5.26 Å². The van der Waals surface area contributed by atoms with E-state index in [4.69, 9.17) is 5.26 Å². The van der Waals surface area contributed by atoms with Gasteiger partial charge < -0.3 is 0 Å². The monoisotopic (exact) mass is 182 g/mol. The molecule has 0 atom stereocenters. The van der Waals surface area contributed by atoms with Crippen LogP contribution in [0.15, 0.2) is 24.4 Å². The van der Waals surface area contributed by atoms with E-state index in [1.807, 2.05) is 26.0 Å². The van der Waals surface area contributed by atoms with Gasteiger partial charge in [-0.1, -0.05) is 0 Å². The zero-order valence-corrected chi connectivity index (χ0v) is 8.20. The molecule has 2 rings (SSSR count). The average molecular weight is 182 g/mol. The van der Waals surface area contributed by atoms with Crippen LogP contribution in [0.2, 0.25) is 0 Å². The van der Waals surface area contributed by atoms with E-state index in [0.29, 0.717) is 5.56 Å². The predicted octanol–water partition coefficient (Wildman–Crippen LogP) is 2.72. The first-order valence-corrected chi connectivity index (χ1v) is 4.48. The summed E-state index contributed by atoms with van der Waals surface area (Å²) in [6.45, 7) is 4.03. The number of hydrogen-bond donors (Lipinski definition) is 0. The first-order chi connectivity index (χ1) is 6.72. The fraction of sp³-hybridized carbons (Fsp3) is 0.167. The largest absolute Gasteiger partial charge is 0.255 e. The number of rotatable bonds is 0. The molecule has 0 aliphatic heterocycles. The lowest BCUT2D eigenvalue weighted by Gasteiger charge is -2.03. The highest BCUT2D eigenvalue weighted by Gasteiger charge is 2.04. The Bertz CT molecular complexity index is 536. The maximum atomic E-state index is 8.96. The van der Waals surface area contributed by atoms with Crippen molar-refractivity contribution in [1.29, 1.82) is 5.26 Å². The highest BCUT2D eigenvalue weighted by molar-refractivity contribution is 5.87. The van der Waals surface area contributed by atoms with Crippen molar-refractivity contribution in [3.8, 4) is 6.07 Å². The van der Waals surface area contributed by atoms with Gasteiger partial charge in [0.05, 0.1) is 11.1 Å². The van der Waals surface area contributed by atoms with E-state index in [0.717, 1.165) is 22.0 Å². The molecule has 0 aliphatic carbocycles. The van der Waals surface area contributed by atoms with Crippen LogP contribution in [0.25, 0.3) is 10.9 Å². The Morgan fingerprint density at radius 2 is 2.07 bits per heavy atom. The first-order valence-electron chi connectivity index (χ1n) is 4.48. The van der Waals surface area contributed by atoms with Crippen LogP contribution in [0.3, 0.4) is 0 Å². The van der Waals surface area contributed by atoms with Crippen LogP contribution in [0.1, 0.15) is 16.7 Å². The van der Waals surface area contributed by atoms with Gasteiger partial charge in [-0.05, 0) is 43.2 Å². The molecule has 1 aromatic heterocycles. The molecule has 1 aromatic carbocycles. The van der Waals surface area contributed by atoms with E-state index in [9.17, 15) is 0 Å². The summed E-state index contributed by atoms with van der Waals surface area (Å²) in [5, 5.41) is 10.0. The number of hydrogen-bond acceptors (Lipinski definition) is 2. The molecule has 1 heterocycles. The Kier molecular flexibility index (Phi) is 1.94. The minimum Gasteiger partial charge on any atom is -0.255 e. The number of nitriles is 1. The third kappa shape index (κ3) is 1.23. The second kappa shape index (κ2) is 3.12. The van der Waals surface area contributed by atoms with Gasteiger partial charge in [0, 0.05) is 11.6 Å². The Balaban J connectivity index is 2.96. The topological polar surface area (TPSA) is 36.7 Å². The van der Waals surface area contributed by atoms with E-state index in [1.165, 1.54) is 0 Å². The molecule has 0 radical (unpaired) electrons. The van der Waals surface area contributed by atoms with E-state index in [1.54, 1.807) is 6.20 Å². The van der Waals surface area contributed by atoms with Crippen LogP contribution in [-0.4, -0.2) is 4.98 Å². The molecule has 0 amide bonds. The SMILES string of the molecule is Cc1cc(C#N)c2nccc(C)c2c1. The van der Waals surface area contributed by atoms with Crippen molar-refractivity contribution >= 4 is 10.9 Å². The Morgan fingerprint density at radius 3 is 2.79 bits per heavy atom. The second-order valence-electron chi connectivity index (χ2n) is 3.45. The normalized spacial score (nSPS) is 10.1. The number of pyridine rings is 1. The molecule has 68 valence electrons. The third-order valence-corrected chi connectivity index (χ3v) is 2.33. The molecular weight excluding hydrogens is 172 g/mol. The third-order valence-electron chi connectivity index (χ3n) is 2.33. The summed E-state index contributed by atoms with van der Waals surface area (Å²) in [6.07, 6.45) is 1.74. The Labute approximate surface area is 82.8 Å². The van der Waals surface area contributed by atoms with Gasteiger partial charge in [0.15, 0.2) is 0 Å². The molecule has 0 fully saturated rings. The van der Waals surface area contributed by atoms with E-state index >= 15 is 0 Å². The van der Waals surface area contributed by atoms with Crippen molar-refractivity contribution in [2.24, 2.45) is 0 Å². The maximum absolute atomic E-state index is 8.96. The standard InChI is InChI=1S/C12H10N2/c1-8-5-10(7-13)12-11(6-8)9(2)3-4-14-12/h3-6H,1-2H3. The number of benzene rings is 1. The molecule has 0 spiro atoms. The maximum Gasteiger partial charge on any atom is 0.101 e. The summed E-state index contributed by atoms with van der Waals surface area (Å²) in [5.41, 5.74) is 3.72. The lowest BCUT2D eigenvalue weighted by Crippen LogP contribution is -1.88. The van der Waals surface area contributed by atoms with E-state index < -0.39 is 0 Å². The second-order valence-corrected chi connectivity index (χ2v) is 3.45. The molecular formula is C12H10N2. The summed E-state index contributed by atoms with van der Waals surface area (Å²) in [4.78, 5) is 4.23. The van der Waals surface area contributed by atoms with Crippen LogP contribution >= 0.6 is 0 Å². The fourth-order valence-corrected chi connectivity index (χ4v) is 1.62. The first kappa shape index (κ1) is 8.71. The summed E-state index contributed by atoms with van der Waals surface area (Å²) in [5.74, 6) is 0. The number of nitrogens with zero attached hydrogens (tertiary/aromatic N) is 2. The minimum atomic E-state index is 0.656. The predicted molar refractivity (Wildman–Crippen MR) is 55.9 cm³/mol. The molecule has 0 aliphatic rings.